The van der Waals surface area contributed by atoms with Crippen molar-refractivity contribution in [2.24, 2.45) is 0 Å². The van der Waals surface area contributed by atoms with E-state index < -0.39 is 50.1 Å². The molecule has 23 heteroatoms. The number of thiophene rings is 2. The number of sulfonamides is 2. The summed E-state index contributed by atoms with van der Waals surface area (Å²) in [6, 6.07) is 4.78. The van der Waals surface area contributed by atoms with Crippen LogP contribution in [0.2, 0.25) is 8.67 Å². The molecule has 0 amide bonds. The Hall–Kier alpha value is -0.230. The van der Waals surface area contributed by atoms with Gasteiger partial charge in [0.25, 0.3) is 0 Å². The summed E-state index contributed by atoms with van der Waals surface area (Å²) in [6.45, 7) is 5.86. The molecule has 3 atom stereocenters. The molecule has 0 aliphatic rings. The molecule has 0 spiro atoms. The molecule has 3 N–H and O–H groups in total. The Labute approximate surface area is 359 Å². The number of alkyl halides is 3. The number of nitrogens with one attached hydrogen (secondary N) is 3. The van der Waals surface area contributed by atoms with Gasteiger partial charge in [-0.1, -0.05) is 45.8 Å². The predicted octanol–water partition coefficient (Wildman–Crippen LogP) is 6.33. The first-order valence-corrected chi connectivity index (χ1v) is 24.7. The number of ether oxygens (including phenoxy) is 3. The number of hydrogen-bond acceptors (Lipinski definition) is 13. The van der Waals surface area contributed by atoms with E-state index in [9.17, 15) is 31.2 Å². The fourth-order valence-corrected chi connectivity index (χ4v) is 9.91. The second kappa shape index (κ2) is 29.9. The van der Waals surface area contributed by atoms with Crippen molar-refractivity contribution in [1.82, 2.24) is 14.3 Å². The van der Waals surface area contributed by atoms with Crippen LogP contribution in [-0.2, 0) is 61.5 Å². The van der Waals surface area contributed by atoms with Crippen LogP contribution >= 0.6 is 103 Å². The van der Waals surface area contributed by atoms with Crippen molar-refractivity contribution in [1.29, 1.82) is 0 Å². The first-order chi connectivity index (χ1) is 25.0. The Bertz CT molecular complexity index is 1470. The standard InChI is InChI=1S/C12H17Cl2NO4S2.C12H17ClINO4S2.C6H11Cl2NO2/c1-2-19-12(16)10(5-7-13)15-21(17,18)8-6-9-3-4-11(14)20-9;1-2-19-12(16)10(5-7-14)15-21(17,18)8-6-9-3-4-11(13)20-9;1-2-11-6(10)5(9-8)3-4-7/h2*3-4,10,15H,2,5-8H2,1H3;5,9H,2-4H2,1H3/t2*10-;5-/m000/s1. The SMILES string of the molecule is CCOC(=O)[C@H](CCCl)NCl.CCOC(=O)[C@H](CCCl)NS(=O)(=O)CCc1ccc(Cl)s1.CCOC(=O)[C@H](CCI)NS(=O)(=O)CCc1ccc(Cl)s1. The lowest BCUT2D eigenvalue weighted by atomic mass is 10.2. The van der Waals surface area contributed by atoms with Crippen molar-refractivity contribution in [3.05, 3.63) is 42.7 Å². The molecule has 2 heterocycles. The fourth-order valence-electron chi connectivity index (χ4n) is 3.72. The van der Waals surface area contributed by atoms with Gasteiger partial charge in [-0.15, -0.1) is 45.9 Å². The Morgan fingerprint density at radius 3 is 1.34 bits per heavy atom. The zero-order chi connectivity index (χ0) is 40.5. The van der Waals surface area contributed by atoms with Gasteiger partial charge >= 0.3 is 17.9 Å². The molecule has 0 aliphatic carbocycles. The van der Waals surface area contributed by atoms with Crippen LogP contribution in [0.1, 0.15) is 49.8 Å². The number of rotatable bonds is 23. The van der Waals surface area contributed by atoms with E-state index in [0.717, 1.165) is 9.75 Å². The van der Waals surface area contributed by atoms with Crippen LogP contribution in [0.4, 0.5) is 0 Å². The summed E-state index contributed by atoms with van der Waals surface area (Å²) in [5.41, 5.74) is 0. The Kier molecular flexibility index (Phi) is 29.8. The van der Waals surface area contributed by atoms with Crippen LogP contribution in [0.5, 0.6) is 0 Å². The molecule has 0 bridgehead atoms. The van der Waals surface area contributed by atoms with Crippen LogP contribution in [0, 0.1) is 0 Å². The van der Waals surface area contributed by atoms with Gasteiger partial charge in [-0.05, 0) is 88.9 Å². The molecule has 0 radical (unpaired) electrons. The number of esters is 3. The second-order valence-electron chi connectivity index (χ2n) is 10.2. The van der Waals surface area contributed by atoms with E-state index in [4.69, 9.17) is 72.4 Å². The highest BCUT2D eigenvalue weighted by Crippen LogP contribution is 2.23. The van der Waals surface area contributed by atoms with Gasteiger partial charge in [0.2, 0.25) is 20.0 Å². The van der Waals surface area contributed by atoms with Gasteiger partial charge < -0.3 is 14.2 Å². The number of aryl methyl sites for hydroxylation is 2. The maximum Gasteiger partial charge on any atom is 0.324 e. The maximum atomic E-state index is 12.1. The molecule has 0 fully saturated rings. The van der Waals surface area contributed by atoms with Crippen molar-refractivity contribution in [3.8, 4) is 0 Å². The zero-order valence-electron chi connectivity index (χ0n) is 29.2. The fraction of sp³-hybridized carbons (Fsp3) is 0.633. The van der Waals surface area contributed by atoms with E-state index in [1.165, 1.54) is 22.7 Å². The van der Waals surface area contributed by atoms with Crippen LogP contribution in [0.15, 0.2) is 24.3 Å². The minimum absolute atomic E-state index is 0.0823. The second-order valence-corrected chi connectivity index (χ2v) is 19.6. The molecule has 13 nitrogen and oxygen atoms in total. The average molecular weight is 1040 g/mol. The van der Waals surface area contributed by atoms with Crippen molar-refractivity contribution < 1.29 is 45.4 Å². The molecule has 2 rings (SSSR count). The minimum Gasteiger partial charge on any atom is -0.465 e. The average Bonchev–Trinajstić information content (AvgIpc) is 3.72. The van der Waals surface area contributed by atoms with Crippen LogP contribution < -0.4 is 14.3 Å². The Balaban J connectivity index is 0.000000806. The van der Waals surface area contributed by atoms with E-state index in [1.807, 2.05) is 0 Å². The molecule has 306 valence electrons. The third-order valence-electron chi connectivity index (χ3n) is 6.17. The summed E-state index contributed by atoms with van der Waals surface area (Å²) < 4.78 is 69.2. The highest BCUT2D eigenvalue weighted by atomic mass is 127. The molecule has 0 saturated heterocycles. The number of hydrogen-bond donors (Lipinski definition) is 3. The number of halogens is 6. The lowest BCUT2D eigenvalue weighted by Crippen LogP contribution is -2.43. The topological polar surface area (TPSA) is 183 Å². The van der Waals surface area contributed by atoms with Gasteiger partial charge in [0, 0.05) is 25.9 Å². The summed E-state index contributed by atoms with van der Waals surface area (Å²) in [4.78, 5) is 38.4. The van der Waals surface area contributed by atoms with Crippen molar-refractivity contribution in [2.75, 3.05) is 47.5 Å². The van der Waals surface area contributed by atoms with Gasteiger partial charge in [-0.2, -0.15) is 0 Å². The summed E-state index contributed by atoms with van der Waals surface area (Å²) in [5.74, 6) is -1.17. The highest BCUT2D eigenvalue weighted by Gasteiger charge is 2.26. The van der Waals surface area contributed by atoms with E-state index in [-0.39, 0.29) is 43.0 Å². The smallest absolute Gasteiger partial charge is 0.324 e. The van der Waals surface area contributed by atoms with Gasteiger partial charge in [0.05, 0.1) is 40.0 Å². The molecule has 0 aromatic carbocycles. The van der Waals surface area contributed by atoms with E-state index >= 15 is 0 Å². The van der Waals surface area contributed by atoms with Gasteiger partial charge in [-0.3, -0.25) is 14.4 Å². The Morgan fingerprint density at radius 1 is 0.679 bits per heavy atom. The zero-order valence-corrected chi connectivity index (χ0v) is 38.4. The summed E-state index contributed by atoms with van der Waals surface area (Å²) in [5, 5.41) is 0. The van der Waals surface area contributed by atoms with Crippen LogP contribution in [-0.4, -0.2) is 100 Å². The molecule has 0 unspecified atom stereocenters. The van der Waals surface area contributed by atoms with Gasteiger partial charge in [0.15, 0.2) is 0 Å². The number of carbonyl (C=O) groups is 3. The highest BCUT2D eigenvalue weighted by molar-refractivity contribution is 14.1. The predicted molar refractivity (Wildman–Crippen MR) is 224 cm³/mol. The normalized spacial score (nSPS) is 13.0. The number of carbonyl (C=O) groups excluding carboxylic acids is 3. The van der Waals surface area contributed by atoms with E-state index in [2.05, 4.69) is 36.9 Å². The van der Waals surface area contributed by atoms with Crippen molar-refractivity contribution in [3.63, 3.8) is 0 Å². The monoisotopic (exact) mass is 1040 g/mol. The molecule has 2 aromatic heterocycles. The lowest BCUT2D eigenvalue weighted by Gasteiger charge is -2.16. The van der Waals surface area contributed by atoms with Gasteiger partial charge in [0.1, 0.15) is 18.1 Å². The minimum atomic E-state index is -3.60. The lowest BCUT2D eigenvalue weighted by molar-refractivity contribution is -0.146. The quantitative estimate of drug-likeness (QED) is 0.0372. The molecule has 53 heavy (non-hydrogen) atoms. The summed E-state index contributed by atoms with van der Waals surface area (Å²) in [7, 11) is -7.15. The molecular formula is C30H45Cl5IN3O10S4. The first-order valence-electron chi connectivity index (χ1n) is 16.0. The van der Waals surface area contributed by atoms with E-state index in [0.29, 0.717) is 51.3 Å². The molecule has 0 aliphatic heterocycles. The molecular weight excluding hydrogens is 995 g/mol. The maximum absolute atomic E-state index is 12.1. The first kappa shape index (κ1) is 52.8. The third kappa shape index (κ3) is 24.9. The van der Waals surface area contributed by atoms with Crippen LogP contribution in [0.25, 0.3) is 0 Å². The molecule has 0 saturated carbocycles. The summed E-state index contributed by atoms with van der Waals surface area (Å²) >= 11 is 32.6. The van der Waals surface area contributed by atoms with Crippen molar-refractivity contribution >= 4 is 141 Å². The van der Waals surface area contributed by atoms with E-state index in [1.54, 1.807) is 45.0 Å². The molecule has 2 aromatic rings. The Morgan fingerprint density at radius 2 is 1.04 bits per heavy atom. The summed E-state index contributed by atoms with van der Waals surface area (Å²) in [6.07, 6.45) is 1.77. The third-order valence-corrected chi connectivity index (χ3v) is 12.8. The van der Waals surface area contributed by atoms with Crippen LogP contribution in [0.3, 0.4) is 0 Å². The van der Waals surface area contributed by atoms with Gasteiger partial charge in [-0.25, -0.2) is 31.1 Å². The largest absolute Gasteiger partial charge is 0.465 e. The van der Waals surface area contributed by atoms with Crippen molar-refractivity contribution in [2.45, 2.75) is 71.0 Å².